The Morgan fingerprint density at radius 3 is 3.04 bits per heavy atom. The molecule has 1 aliphatic rings. The first kappa shape index (κ1) is 17.5. The Morgan fingerprint density at radius 1 is 1.26 bits per heavy atom. The van der Waals surface area contributed by atoms with Gasteiger partial charge in [-0.15, -0.1) is 0 Å². The summed E-state index contributed by atoms with van der Waals surface area (Å²) in [6.07, 6.45) is 9.02. The lowest BCUT2D eigenvalue weighted by atomic mass is 10.1. The summed E-state index contributed by atoms with van der Waals surface area (Å²) < 4.78 is 13.5. The number of furan rings is 1. The Labute approximate surface area is 157 Å². The van der Waals surface area contributed by atoms with Gasteiger partial charge in [-0.25, -0.2) is 0 Å². The lowest BCUT2D eigenvalue weighted by Gasteiger charge is -2.32. The van der Waals surface area contributed by atoms with Crippen LogP contribution in [-0.2, 0) is 17.9 Å². The standard InChI is InChI=1S/C20H22N4O3/c25-20(19-7-6-18(27-19)14-24-11-3-9-22-24)23-10-2-5-17(13-23)26-15-16-4-1-8-21-12-16/h1,3-4,6-9,11-12,17H,2,5,10,13-15H2. The largest absolute Gasteiger partial charge is 0.454 e. The van der Waals surface area contributed by atoms with Crippen LogP contribution in [0, 0.1) is 0 Å². The van der Waals surface area contributed by atoms with E-state index < -0.39 is 0 Å². The molecule has 1 amide bonds. The van der Waals surface area contributed by atoms with Gasteiger partial charge in [0, 0.05) is 37.9 Å². The summed E-state index contributed by atoms with van der Waals surface area (Å²) in [5.41, 5.74) is 1.04. The van der Waals surface area contributed by atoms with Crippen molar-refractivity contribution < 1.29 is 13.9 Å². The van der Waals surface area contributed by atoms with E-state index in [2.05, 4.69) is 10.1 Å². The van der Waals surface area contributed by atoms with Gasteiger partial charge in [-0.1, -0.05) is 6.07 Å². The van der Waals surface area contributed by atoms with Crippen molar-refractivity contribution in [3.8, 4) is 0 Å². The molecule has 1 aliphatic heterocycles. The SMILES string of the molecule is O=C(c1ccc(Cn2cccn2)o1)N1CCCC(OCc2cccnc2)C1. The fourth-order valence-corrected chi connectivity index (χ4v) is 3.24. The second kappa shape index (κ2) is 8.18. The van der Waals surface area contributed by atoms with Gasteiger partial charge in [0.2, 0.25) is 0 Å². The van der Waals surface area contributed by atoms with Crippen LogP contribution in [0.2, 0.25) is 0 Å². The summed E-state index contributed by atoms with van der Waals surface area (Å²) in [5, 5.41) is 4.15. The second-order valence-electron chi connectivity index (χ2n) is 6.66. The Hall–Kier alpha value is -2.93. The molecule has 0 N–H and O–H groups in total. The molecule has 140 valence electrons. The first-order chi connectivity index (χ1) is 13.3. The summed E-state index contributed by atoms with van der Waals surface area (Å²) in [7, 11) is 0. The van der Waals surface area contributed by atoms with Crippen LogP contribution in [0.5, 0.6) is 0 Å². The van der Waals surface area contributed by atoms with Crippen LogP contribution >= 0.6 is 0 Å². The van der Waals surface area contributed by atoms with Crippen LogP contribution in [0.1, 0.15) is 34.7 Å². The predicted octanol–water partition coefficient (Wildman–Crippen LogP) is 2.74. The Balaban J connectivity index is 1.33. The zero-order chi connectivity index (χ0) is 18.5. The third kappa shape index (κ3) is 4.43. The molecule has 7 heteroatoms. The minimum absolute atomic E-state index is 0.0291. The zero-order valence-electron chi connectivity index (χ0n) is 15.0. The van der Waals surface area contributed by atoms with Crippen molar-refractivity contribution >= 4 is 5.91 Å². The minimum Gasteiger partial charge on any atom is -0.454 e. The molecule has 4 rings (SSSR count). The van der Waals surface area contributed by atoms with Crippen molar-refractivity contribution in [1.29, 1.82) is 0 Å². The molecule has 0 spiro atoms. The highest BCUT2D eigenvalue weighted by Gasteiger charge is 2.26. The van der Waals surface area contributed by atoms with E-state index in [-0.39, 0.29) is 12.0 Å². The summed E-state index contributed by atoms with van der Waals surface area (Å²) in [6.45, 7) is 2.32. The van der Waals surface area contributed by atoms with Gasteiger partial charge in [0.15, 0.2) is 5.76 Å². The molecule has 0 saturated carbocycles. The smallest absolute Gasteiger partial charge is 0.289 e. The van der Waals surface area contributed by atoms with E-state index in [1.807, 2.05) is 35.4 Å². The molecule has 0 aromatic carbocycles. The molecule has 3 aromatic heterocycles. The van der Waals surface area contributed by atoms with Crippen molar-refractivity contribution in [3.05, 3.63) is 72.2 Å². The Kier molecular flexibility index (Phi) is 5.29. The Bertz CT molecular complexity index is 861. The third-order valence-electron chi connectivity index (χ3n) is 4.62. The molecule has 0 bridgehead atoms. The number of carbonyl (C=O) groups is 1. The van der Waals surface area contributed by atoms with E-state index in [1.54, 1.807) is 29.3 Å². The monoisotopic (exact) mass is 366 g/mol. The van der Waals surface area contributed by atoms with Gasteiger partial charge in [-0.2, -0.15) is 5.10 Å². The molecule has 1 atom stereocenters. The minimum atomic E-state index is -0.0867. The fraction of sp³-hybridized carbons (Fsp3) is 0.350. The predicted molar refractivity (Wildman–Crippen MR) is 98.0 cm³/mol. The highest BCUT2D eigenvalue weighted by atomic mass is 16.5. The van der Waals surface area contributed by atoms with Gasteiger partial charge in [-0.3, -0.25) is 14.5 Å². The molecular weight excluding hydrogens is 344 g/mol. The molecule has 4 heterocycles. The van der Waals surface area contributed by atoms with Crippen molar-refractivity contribution in [2.24, 2.45) is 0 Å². The molecule has 0 radical (unpaired) electrons. The van der Waals surface area contributed by atoms with Crippen LogP contribution in [-0.4, -0.2) is 44.8 Å². The van der Waals surface area contributed by atoms with Crippen LogP contribution in [0.4, 0.5) is 0 Å². The summed E-state index contributed by atoms with van der Waals surface area (Å²) >= 11 is 0. The first-order valence-corrected chi connectivity index (χ1v) is 9.14. The summed E-state index contributed by atoms with van der Waals surface area (Å²) in [6, 6.07) is 9.31. The average molecular weight is 366 g/mol. The highest BCUT2D eigenvalue weighted by molar-refractivity contribution is 5.91. The van der Waals surface area contributed by atoms with Gasteiger partial charge in [0.05, 0.1) is 19.3 Å². The van der Waals surface area contributed by atoms with Gasteiger partial charge >= 0.3 is 0 Å². The number of aromatic nitrogens is 3. The van der Waals surface area contributed by atoms with Crippen molar-refractivity contribution in [1.82, 2.24) is 19.7 Å². The molecule has 1 unspecified atom stereocenters. The average Bonchev–Trinajstić information content (AvgIpc) is 3.39. The first-order valence-electron chi connectivity index (χ1n) is 9.14. The van der Waals surface area contributed by atoms with Crippen LogP contribution in [0.25, 0.3) is 0 Å². The number of ether oxygens (including phenoxy) is 1. The number of piperidine rings is 1. The van der Waals surface area contributed by atoms with Crippen LogP contribution < -0.4 is 0 Å². The molecule has 3 aromatic rings. The molecular formula is C20H22N4O3. The number of amides is 1. The molecule has 1 saturated heterocycles. The number of hydrogen-bond acceptors (Lipinski definition) is 5. The summed E-state index contributed by atoms with van der Waals surface area (Å²) in [5.74, 6) is 0.991. The maximum absolute atomic E-state index is 12.8. The highest BCUT2D eigenvalue weighted by Crippen LogP contribution is 2.19. The Morgan fingerprint density at radius 2 is 2.22 bits per heavy atom. The molecule has 0 aliphatic carbocycles. The number of nitrogens with zero attached hydrogens (tertiary/aromatic N) is 4. The maximum atomic E-state index is 12.8. The molecule has 27 heavy (non-hydrogen) atoms. The molecule has 7 nitrogen and oxygen atoms in total. The van der Waals surface area contributed by atoms with E-state index in [0.717, 1.165) is 24.9 Å². The number of carbonyl (C=O) groups excluding carboxylic acids is 1. The van der Waals surface area contributed by atoms with Gasteiger partial charge in [0.25, 0.3) is 5.91 Å². The van der Waals surface area contributed by atoms with E-state index in [1.165, 1.54) is 0 Å². The fourth-order valence-electron chi connectivity index (χ4n) is 3.24. The molecule has 1 fully saturated rings. The maximum Gasteiger partial charge on any atom is 0.289 e. The number of pyridine rings is 1. The topological polar surface area (TPSA) is 73.4 Å². The van der Waals surface area contributed by atoms with E-state index in [4.69, 9.17) is 9.15 Å². The van der Waals surface area contributed by atoms with E-state index in [9.17, 15) is 4.79 Å². The second-order valence-corrected chi connectivity index (χ2v) is 6.66. The van der Waals surface area contributed by atoms with Gasteiger partial charge < -0.3 is 14.1 Å². The normalized spacial score (nSPS) is 17.2. The number of likely N-dealkylation sites (tertiary alicyclic amines) is 1. The lowest BCUT2D eigenvalue weighted by molar-refractivity contribution is -0.00765. The zero-order valence-corrected chi connectivity index (χ0v) is 15.0. The van der Waals surface area contributed by atoms with Crippen LogP contribution in [0.3, 0.4) is 0 Å². The van der Waals surface area contributed by atoms with E-state index >= 15 is 0 Å². The van der Waals surface area contributed by atoms with E-state index in [0.29, 0.717) is 31.2 Å². The van der Waals surface area contributed by atoms with Crippen molar-refractivity contribution in [2.45, 2.75) is 32.1 Å². The van der Waals surface area contributed by atoms with Crippen molar-refractivity contribution in [2.75, 3.05) is 13.1 Å². The van der Waals surface area contributed by atoms with Gasteiger partial charge in [0.1, 0.15) is 5.76 Å². The van der Waals surface area contributed by atoms with Crippen LogP contribution in [0.15, 0.2) is 59.5 Å². The number of rotatable bonds is 6. The number of hydrogen-bond donors (Lipinski definition) is 0. The van der Waals surface area contributed by atoms with Gasteiger partial charge in [-0.05, 0) is 42.7 Å². The summed E-state index contributed by atoms with van der Waals surface area (Å²) in [4.78, 5) is 18.7. The quantitative estimate of drug-likeness (QED) is 0.671. The third-order valence-corrected chi connectivity index (χ3v) is 4.62. The lowest BCUT2D eigenvalue weighted by Crippen LogP contribution is -2.43. The van der Waals surface area contributed by atoms with Crippen molar-refractivity contribution in [3.63, 3.8) is 0 Å².